The summed E-state index contributed by atoms with van der Waals surface area (Å²) in [5.41, 5.74) is 2.88. The third-order valence-corrected chi connectivity index (χ3v) is 4.72. The Kier molecular flexibility index (Phi) is 7.41. The Morgan fingerprint density at radius 3 is 2.70 bits per heavy atom. The van der Waals surface area contributed by atoms with Crippen molar-refractivity contribution < 1.29 is 0 Å². The summed E-state index contributed by atoms with van der Waals surface area (Å²) >= 11 is 0. The lowest BCUT2D eigenvalue weighted by atomic mass is 9.93. The smallest absolute Gasteiger partial charge is 0.0830 e. The van der Waals surface area contributed by atoms with Crippen molar-refractivity contribution in [1.82, 2.24) is 5.32 Å². The highest BCUT2D eigenvalue weighted by molar-refractivity contribution is 5.55. The summed E-state index contributed by atoms with van der Waals surface area (Å²) in [7, 11) is 0. The van der Waals surface area contributed by atoms with Crippen molar-refractivity contribution in [2.24, 2.45) is 5.92 Å². The summed E-state index contributed by atoms with van der Waals surface area (Å²) < 4.78 is 0. The zero-order chi connectivity index (χ0) is 16.5. The lowest BCUT2D eigenvalue weighted by Gasteiger charge is -2.39. The SMILES string of the molecule is C=CCC1CNC(CC=C)N(CCCCC)c2ccccc2C1. The van der Waals surface area contributed by atoms with E-state index >= 15 is 0 Å². The maximum atomic E-state index is 3.97. The molecule has 0 saturated heterocycles. The van der Waals surface area contributed by atoms with E-state index < -0.39 is 0 Å². The maximum Gasteiger partial charge on any atom is 0.0830 e. The van der Waals surface area contributed by atoms with Crippen molar-refractivity contribution in [2.45, 2.75) is 51.6 Å². The first kappa shape index (κ1) is 17.8. The second-order valence-electron chi connectivity index (χ2n) is 6.57. The number of hydrogen-bond acceptors (Lipinski definition) is 2. The highest BCUT2D eigenvalue weighted by Crippen LogP contribution is 2.29. The summed E-state index contributed by atoms with van der Waals surface area (Å²) in [6.07, 6.45) is 11.4. The van der Waals surface area contributed by atoms with Gasteiger partial charge in [0.15, 0.2) is 0 Å². The molecule has 1 aromatic carbocycles. The van der Waals surface area contributed by atoms with Crippen molar-refractivity contribution in [3.05, 3.63) is 55.1 Å². The fraction of sp³-hybridized carbons (Fsp3) is 0.524. The van der Waals surface area contributed by atoms with Gasteiger partial charge in [0.1, 0.15) is 0 Å². The Labute approximate surface area is 142 Å². The molecule has 23 heavy (non-hydrogen) atoms. The van der Waals surface area contributed by atoms with Crippen LogP contribution in [-0.2, 0) is 6.42 Å². The van der Waals surface area contributed by atoms with Crippen LogP contribution in [0.25, 0.3) is 0 Å². The number of nitrogens with zero attached hydrogens (tertiary/aromatic N) is 1. The minimum absolute atomic E-state index is 0.345. The molecular formula is C21H32N2. The number of fused-ring (bicyclic) bond motifs is 1. The minimum Gasteiger partial charge on any atom is -0.355 e. The lowest BCUT2D eigenvalue weighted by molar-refractivity contribution is 0.397. The van der Waals surface area contributed by atoms with Crippen LogP contribution in [0, 0.1) is 5.92 Å². The van der Waals surface area contributed by atoms with Crippen LogP contribution in [0.2, 0.25) is 0 Å². The second kappa shape index (κ2) is 9.57. The Morgan fingerprint density at radius 1 is 1.17 bits per heavy atom. The predicted molar refractivity (Wildman–Crippen MR) is 102 cm³/mol. The number of unbranched alkanes of at least 4 members (excludes halogenated alkanes) is 2. The normalized spacial score (nSPS) is 21.2. The molecule has 0 aliphatic carbocycles. The van der Waals surface area contributed by atoms with Crippen LogP contribution in [0.5, 0.6) is 0 Å². The van der Waals surface area contributed by atoms with Gasteiger partial charge >= 0.3 is 0 Å². The van der Waals surface area contributed by atoms with Crippen LogP contribution in [0.1, 0.15) is 44.6 Å². The molecule has 1 aromatic rings. The molecule has 0 radical (unpaired) electrons. The molecular weight excluding hydrogens is 280 g/mol. The van der Waals surface area contributed by atoms with E-state index in [1.165, 1.54) is 30.5 Å². The van der Waals surface area contributed by atoms with Crippen molar-refractivity contribution in [3.8, 4) is 0 Å². The van der Waals surface area contributed by atoms with Gasteiger partial charge in [0.2, 0.25) is 0 Å². The van der Waals surface area contributed by atoms with Crippen LogP contribution in [-0.4, -0.2) is 19.3 Å². The molecule has 126 valence electrons. The monoisotopic (exact) mass is 312 g/mol. The molecule has 0 bridgehead atoms. The van der Waals surface area contributed by atoms with Crippen molar-refractivity contribution in [1.29, 1.82) is 0 Å². The van der Waals surface area contributed by atoms with Crippen molar-refractivity contribution in [3.63, 3.8) is 0 Å². The Bertz CT molecular complexity index is 494. The number of hydrogen-bond donors (Lipinski definition) is 1. The Hall–Kier alpha value is -1.54. The van der Waals surface area contributed by atoms with Gasteiger partial charge in [-0.3, -0.25) is 5.32 Å². The van der Waals surface area contributed by atoms with Gasteiger partial charge in [0.25, 0.3) is 0 Å². The zero-order valence-electron chi connectivity index (χ0n) is 14.6. The second-order valence-corrected chi connectivity index (χ2v) is 6.57. The van der Waals surface area contributed by atoms with E-state index in [0.717, 1.165) is 32.4 Å². The summed E-state index contributed by atoms with van der Waals surface area (Å²) in [6, 6.07) is 8.93. The molecule has 0 saturated carbocycles. The molecule has 0 fully saturated rings. The zero-order valence-corrected chi connectivity index (χ0v) is 14.6. The molecule has 1 aliphatic rings. The van der Waals surface area contributed by atoms with E-state index in [9.17, 15) is 0 Å². The molecule has 1 N–H and O–H groups in total. The first-order valence-corrected chi connectivity index (χ1v) is 9.09. The van der Waals surface area contributed by atoms with E-state index in [-0.39, 0.29) is 0 Å². The first-order valence-electron chi connectivity index (χ1n) is 9.09. The largest absolute Gasteiger partial charge is 0.355 e. The van der Waals surface area contributed by atoms with Crippen LogP contribution in [0.4, 0.5) is 5.69 Å². The van der Waals surface area contributed by atoms with E-state index in [1.54, 1.807) is 0 Å². The fourth-order valence-electron chi connectivity index (χ4n) is 3.51. The molecule has 2 nitrogen and oxygen atoms in total. The average molecular weight is 313 g/mol. The molecule has 2 rings (SSSR count). The van der Waals surface area contributed by atoms with Crippen molar-refractivity contribution in [2.75, 3.05) is 18.0 Å². The van der Waals surface area contributed by atoms with Crippen LogP contribution >= 0.6 is 0 Å². The molecule has 0 spiro atoms. The summed E-state index contributed by atoms with van der Waals surface area (Å²) in [4.78, 5) is 2.57. The maximum absolute atomic E-state index is 3.97. The number of allylic oxidation sites excluding steroid dienone is 1. The molecule has 1 aliphatic heterocycles. The highest BCUT2D eigenvalue weighted by atomic mass is 15.3. The van der Waals surface area contributed by atoms with Gasteiger partial charge in [0.05, 0.1) is 6.17 Å². The molecule has 0 amide bonds. The van der Waals surface area contributed by atoms with E-state index in [2.05, 4.69) is 60.6 Å². The highest BCUT2D eigenvalue weighted by Gasteiger charge is 2.24. The predicted octanol–water partition coefficient (Wildman–Crippen LogP) is 4.92. The van der Waals surface area contributed by atoms with Crippen LogP contribution < -0.4 is 10.2 Å². The molecule has 2 atom stereocenters. The van der Waals surface area contributed by atoms with Crippen molar-refractivity contribution >= 4 is 5.69 Å². The lowest BCUT2D eigenvalue weighted by Crippen LogP contribution is -2.49. The molecule has 2 heteroatoms. The molecule has 0 aromatic heterocycles. The quantitative estimate of drug-likeness (QED) is 0.541. The van der Waals surface area contributed by atoms with Gasteiger partial charge in [-0.1, -0.05) is 50.1 Å². The first-order chi connectivity index (χ1) is 11.3. The summed E-state index contributed by atoms with van der Waals surface area (Å²) in [5, 5.41) is 3.78. The molecule has 2 unspecified atom stereocenters. The van der Waals surface area contributed by atoms with Gasteiger partial charge in [-0.25, -0.2) is 0 Å². The fourth-order valence-corrected chi connectivity index (χ4v) is 3.51. The number of nitrogens with one attached hydrogen (secondary N) is 1. The van der Waals surface area contributed by atoms with Gasteiger partial charge in [-0.15, -0.1) is 13.2 Å². The van der Waals surface area contributed by atoms with E-state index in [4.69, 9.17) is 0 Å². The Morgan fingerprint density at radius 2 is 1.96 bits per heavy atom. The minimum atomic E-state index is 0.345. The number of anilines is 1. The third-order valence-electron chi connectivity index (χ3n) is 4.72. The van der Waals surface area contributed by atoms with E-state index in [1.807, 2.05) is 6.08 Å². The van der Waals surface area contributed by atoms with E-state index in [0.29, 0.717) is 12.1 Å². The average Bonchev–Trinajstić information content (AvgIpc) is 2.55. The standard InChI is InChI=1S/C21H32N2/c1-4-7-10-15-23-20-14-9-8-13-19(20)16-18(11-5-2)17-22-21(23)12-6-3/h5-6,8-9,13-14,18,21-22H,2-4,7,10-12,15-17H2,1H3. The van der Waals surface area contributed by atoms with Crippen LogP contribution in [0.3, 0.4) is 0 Å². The Balaban J connectivity index is 2.29. The van der Waals surface area contributed by atoms with Gasteiger partial charge in [-0.2, -0.15) is 0 Å². The van der Waals surface area contributed by atoms with Crippen LogP contribution in [0.15, 0.2) is 49.6 Å². The number of para-hydroxylation sites is 1. The third kappa shape index (κ3) is 4.97. The number of benzene rings is 1. The van der Waals surface area contributed by atoms with Gasteiger partial charge in [-0.05, 0) is 43.2 Å². The van der Waals surface area contributed by atoms with Gasteiger partial charge < -0.3 is 4.90 Å². The van der Waals surface area contributed by atoms with Gasteiger partial charge in [0, 0.05) is 18.8 Å². The summed E-state index contributed by atoms with van der Waals surface area (Å²) in [5.74, 6) is 0.624. The summed E-state index contributed by atoms with van der Waals surface area (Å²) in [6.45, 7) is 12.3. The molecule has 1 heterocycles. The topological polar surface area (TPSA) is 15.3 Å². The number of rotatable bonds is 8.